The van der Waals surface area contributed by atoms with Gasteiger partial charge < -0.3 is 19.0 Å². The lowest BCUT2D eigenvalue weighted by molar-refractivity contribution is 0.215. The van der Waals surface area contributed by atoms with Crippen LogP contribution in [0.2, 0.25) is 0 Å². The van der Waals surface area contributed by atoms with E-state index in [0.717, 1.165) is 33.9 Å². The summed E-state index contributed by atoms with van der Waals surface area (Å²) in [6, 6.07) is 11.5. The van der Waals surface area contributed by atoms with E-state index < -0.39 is 0 Å². The Morgan fingerprint density at radius 2 is 1.55 bits per heavy atom. The zero-order chi connectivity index (χ0) is 20.9. The fourth-order valence-electron chi connectivity index (χ4n) is 2.56. The number of aryl methyl sites for hydroxylation is 2. The first-order valence-corrected chi connectivity index (χ1v) is 9.37. The normalized spacial score (nSPS) is 10.6. The fourth-order valence-corrected chi connectivity index (χ4v) is 2.56. The zero-order valence-electron chi connectivity index (χ0n) is 17.4. The summed E-state index contributed by atoms with van der Waals surface area (Å²) in [5.74, 6) is 8.36. The minimum atomic E-state index is 0.296. The first-order chi connectivity index (χ1) is 14.1. The van der Waals surface area contributed by atoms with E-state index in [1.165, 1.54) is 7.11 Å². The van der Waals surface area contributed by atoms with E-state index in [-0.39, 0.29) is 0 Å². The van der Waals surface area contributed by atoms with Gasteiger partial charge >= 0.3 is 0 Å². The molecule has 5 nitrogen and oxygen atoms in total. The number of benzene rings is 2. The minimum absolute atomic E-state index is 0.296. The van der Waals surface area contributed by atoms with Gasteiger partial charge in [-0.05, 0) is 73.9 Å². The number of hydrogen-bond acceptors (Lipinski definition) is 5. The van der Waals surface area contributed by atoms with Gasteiger partial charge in [-0.1, -0.05) is 29.1 Å². The van der Waals surface area contributed by atoms with Crippen molar-refractivity contribution in [3.8, 4) is 29.1 Å². The van der Waals surface area contributed by atoms with Gasteiger partial charge in [-0.3, -0.25) is 0 Å². The van der Waals surface area contributed by atoms with Crippen molar-refractivity contribution in [1.29, 1.82) is 0 Å². The molecular weight excluding hydrogens is 366 g/mol. The Bertz CT molecular complexity index is 866. The van der Waals surface area contributed by atoms with Crippen LogP contribution in [0.3, 0.4) is 0 Å². The standard InChI is InChI=1S/C24H27NO4/c1-5-6-13-28-23-16-19(2)24(20(3)17-23)29-15-8-7-14-27-22-11-9-21(10-12-22)18-25-26-4/h5-6,9-12,16-18H,13-15H2,1-4H3/b6-5+,25-18?. The summed E-state index contributed by atoms with van der Waals surface area (Å²) >= 11 is 0. The molecule has 0 bridgehead atoms. The van der Waals surface area contributed by atoms with Gasteiger partial charge in [0.1, 0.15) is 44.2 Å². The molecule has 0 spiro atoms. The molecule has 0 radical (unpaired) electrons. The molecule has 2 aromatic carbocycles. The summed E-state index contributed by atoms with van der Waals surface area (Å²) in [5, 5.41) is 3.71. The number of nitrogens with zero attached hydrogens (tertiary/aromatic N) is 1. The molecule has 0 atom stereocenters. The van der Waals surface area contributed by atoms with Crippen molar-refractivity contribution in [1.82, 2.24) is 0 Å². The third-order valence-electron chi connectivity index (χ3n) is 3.93. The number of hydrogen-bond donors (Lipinski definition) is 0. The molecule has 5 heteroatoms. The number of rotatable bonds is 9. The Kier molecular flexibility index (Phi) is 9.17. The van der Waals surface area contributed by atoms with E-state index >= 15 is 0 Å². The largest absolute Gasteiger partial charge is 0.490 e. The van der Waals surface area contributed by atoms with Crippen LogP contribution in [0.5, 0.6) is 17.2 Å². The SMILES string of the molecule is C/C=C/COc1cc(C)c(OCC#CCOc2ccc(C=NOC)cc2)c(C)c1. The molecule has 0 heterocycles. The van der Waals surface area contributed by atoms with Crippen LogP contribution in [0.1, 0.15) is 23.6 Å². The van der Waals surface area contributed by atoms with E-state index in [0.29, 0.717) is 19.8 Å². The molecule has 0 aliphatic rings. The molecule has 152 valence electrons. The van der Waals surface area contributed by atoms with Crippen LogP contribution in [-0.2, 0) is 4.84 Å². The smallest absolute Gasteiger partial charge is 0.149 e. The third-order valence-corrected chi connectivity index (χ3v) is 3.93. The molecule has 0 aliphatic carbocycles. The van der Waals surface area contributed by atoms with Crippen LogP contribution < -0.4 is 14.2 Å². The molecule has 0 unspecified atom stereocenters. The maximum absolute atomic E-state index is 5.83. The first kappa shape index (κ1) is 21.9. The van der Waals surface area contributed by atoms with Crippen molar-refractivity contribution in [3.05, 3.63) is 65.2 Å². The number of ether oxygens (including phenoxy) is 3. The van der Waals surface area contributed by atoms with Gasteiger partial charge in [-0.25, -0.2) is 0 Å². The summed E-state index contributed by atoms with van der Waals surface area (Å²) in [6.07, 6.45) is 5.56. The van der Waals surface area contributed by atoms with Gasteiger partial charge in [-0.15, -0.1) is 0 Å². The molecule has 2 rings (SSSR count). The second-order valence-corrected chi connectivity index (χ2v) is 6.18. The maximum atomic E-state index is 5.83. The van der Waals surface area contributed by atoms with Crippen LogP contribution in [0.15, 0.2) is 53.7 Å². The lowest BCUT2D eigenvalue weighted by atomic mass is 10.1. The monoisotopic (exact) mass is 393 g/mol. The van der Waals surface area contributed by atoms with Gasteiger partial charge in [0.15, 0.2) is 0 Å². The average molecular weight is 393 g/mol. The van der Waals surface area contributed by atoms with Crippen molar-refractivity contribution in [3.63, 3.8) is 0 Å². The second-order valence-electron chi connectivity index (χ2n) is 6.18. The first-order valence-electron chi connectivity index (χ1n) is 9.37. The maximum Gasteiger partial charge on any atom is 0.149 e. The topological polar surface area (TPSA) is 49.3 Å². The molecule has 0 fully saturated rings. The van der Waals surface area contributed by atoms with Crippen molar-refractivity contribution in [2.75, 3.05) is 26.9 Å². The van der Waals surface area contributed by atoms with Crippen LogP contribution >= 0.6 is 0 Å². The Morgan fingerprint density at radius 1 is 0.897 bits per heavy atom. The van der Waals surface area contributed by atoms with E-state index in [9.17, 15) is 0 Å². The molecule has 0 amide bonds. The Morgan fingerprint density at radius 3 is 2.17 bits per heavy atom. The van der Waals surface area contributed by atoms with Gasteiger partial charge in [0.25, 0.3) is 0 Å². The van der Waals surface area contributed by atoms with Gasteiger partial charge in [0.2, 0.25) is 0 Å². The second kappa shape index (κ2) is 12.1. The predicted molar refractivity (Wildman–Crippen MR) is 116 cm³/mol. The van der Waals surface area contributed by atoms with Crippen molar-refractivity contribution in [2.45, 2.75) is 20.8 Å². The summed E-state index contributed by atoms with van der Waals surface area (Å²) in [5.41, 5.74) is 2.98. The van der Waals surface area contributed by atoms with Gasteiger partial charge in [-0.2, -0.15) is 0 Å². The van der Waals surface area contributed by atoms with Crippen molar-refractivity contribution >= 4 is 6.21 Å². The molecule has 0 aromatic heterocycles. The lowest BCUT2D eigenvalue weighted by Gasteiger charge is -2.12. The lowest BCUT2D eigenvalue weighted by Crippen LogP contribution is -2.01. The molecule has 0 saturated carbocycles. The van der Waals surface area contributed by atoms with Crippen LogP contribution in [0, 0.1) is 25.7 Å². The van der Waals surface area contributed by atoms with Crippen molar-refractivity contribution in [2.24, 2.45) is 5.16 Å². The van der Waals surface area contributed by atoms with E-state index in [1.54, 1.807) is 6.21 Å². The summed E-state index contributed by atoms with van der Waals surface area (Å²) in [4.78, 5) is 4.65. The highest BCUT2D eigenvalue weighted by molar-refractivity contribution is 5.79. The molecule has 0 N–H and O–H groups in total. The molecule has 0 aliphatic heterocycles. The number of oxime groups is 1. The van der Waals surface area contributed by atoms with Crippen molar-refractivity contribution < 1.29 is 19.0 Å². The molecule has 0 saturated heterocycles. The highest BCUT2D eigenvalue weighted by Crippen LogP contribution is 2.28. The third kappa shape index (κ3) is 7.63. The minimum Gasteiger partial charge on any atom is -0.490 e. The van der Waals surface area contributed by atoms with E-state index in [4.69, 9.17) is 14.2 Å². The van der Waals surface area contributed by atoms with E-state index in [1.807, 2.05) is 69.3 Å². The number of allylic oxidation sites excluding steroid dienone is 1. The molecular formula is C24H27NO4. The highest BCUT2D eigenvalue weighted by Gasteiger charge is 2.06. The van der Waals surface area contributed by atoms with Crippen LogP contribution in [0.4, 0.5) is 0 Å². The summed E-state index contributed by atoms with van der Waals surface area (Å²) < 4.78 is 17.1. The Hall–Kier alpha value is -3.39. The quantitative estimate of drug-likeness (QED) is 0.268. The van der Waals surface area contributed by atoms with Gasteiger partial charge in [0.05, 0.1) is 6.21 Å². The van der Waals surface area contributed by atoms with E-state index in [2.05, 4.69) is 21.8 Å². The zero-order valence-corrected chi connectivity index (χ0v) is 17.4. The fraction of sp³-hybridized carbons (Fsp3) is 0.292. The predicted octanol–water partition coefficient (Wildman–Crippen LogP) is 4.70. The summed E-state index contributed by atoms with van der Waals surface area (Å²) in [6.45, 7) is 7.13. The Balaban J connectivity index is 1.80. The molecule has 29 heavy (non-hydrogen) atoms. The van der Waals surface area contributed by atoms with Crippen LogP contribution in [0.25, 0.3) is 0 Å². The van der Waals surface area contributed by atoms with Crippen LogP contribution in [-0.4, -0.2) is 33.1 Å². The average Bonchev–Trinajstić information content (AvgIpc) is 2.71. The summed E-state index contributed by atoms with van der Waals surface area (Å²) in [7, 11) is 1.51. The Labute approximate surface area is 172 Å². The highest BCUT2D eigenvalue weighted by atomic mass is 16.6. The molecule has 2 aromatic rings. The van der Waals surface area contributed by atoms with Gasteiger partial charge in [0, 0.05) is 0 Å².